The molecule has 0 radical (unpaired) electrons. The molecule has 2 heterocycles. The van der Waals surface area contributed by atoms with E-state index >= 15 is 0 Å². The zero-order valence-corrected chi connectivity index (χ0v) is 14.3. The highest BCUT2D eigenvalue weighted by Crippen LogP contribution is 2.29. The molecule has 1 aromatic carbocycles. The zero-order valence-electron chi connectivity index (χ0n) is 11.2. The van der Waals surface area contributed by atoms with Crippen molar-refractivity contribution in [3.05, 3.63) is 44.1 Å². The van der Waals surface area contributed by atoms with Gasteiger partial charge in [0.15, 0.2) is 0 Å². The van der Waals surface area contributed by atoms with Crippen LogP contribution in [0.15, 0.2) is 17.5 Å². The number of aryl methyl sites for hydroxylation is 3. The Bertz CT molecular complexity index is 794. The lowest BCUT2D eigenvalue weighted by Gasteiger charge is -2.07. The van der Waals surface area contributed by atoms with Gasteiger partial charge in [-0.15, -0.1) is 22.9 Å². The molecule has 0 aliphatic heterocycles. The molecule has 3 nitrogen and oxygen atoms in total. The van der Waals surface area contributed by atoms with Crippen LogP contribution >= 0.6 is 46.1 Å². The van der Waals surface area contributed by atoms with E-state index in [1.807, 2.05) is 13.0 Å². The third-order valence-corrected chi connectivity index (χ3v) is 5.03. The molecule has 3 rings (SSSR count). The minimum absolute atomic E-state index is 0.347. The van der Waals surface area contributed by atoms with Crippen LogP contribution in [0.3, 0.4) is 0 Å². The van der Waals surface area contributed by atoms with Gasteiger partial charge in [0.25, 0.3) is 0 Å². The molecular weight excluding hydrogens is 349 g/mol. The summed E-state index contributed by atoms with van der Waals surface area (Å²) in [6.07, 6.45) is 0.833. The van der Waals surface area contributed by atoms with E-state index in [1.165, 1.54) is 0 Å². The minimum Gasteiger partial charge on any atom is -0.327 e. The quantitative estimate of drug-likeness (QED) is 0.607. The second-order valence-electron chi connectivity index (χ2n) is 4.68. The minimum atomic E-state index is 0.347. The Morgan fingerprint density at radius 1 is 1.19 bits per heavy atom. The van der Waals surface area contributed by atoms with Crippen LogP contribution in [0.25, 0.3) is 11.0 Å². The third-order valence-electron chi connectivity index (χ3n) is 3.25. The van der Waals surface area contributed by atoms with Gasteiger partial charge in [0, 0.05) is 18.3 Å². The lowest BCUT2D eigenvalue weighted by molar-refractivity contribution is 0.680. The molecule has 0 N–H and O–H groups in total. The van der Waals surface area contributed by atoms with Crippen molar-refractivity contribution in [3.8, 4) is 0 Å². The highest BCUT2D eigenvalue weighted by atomic mass is 35.5. The molecule has 110 valence electrons. The molecule has 0 atom stereocenters. The topological polar surface area (TPSA) is 30.7 Å². The lowest BCUT2D eigenvalue weighted by Crippen LogP contribution is -2.05. The number of halogens is 3. The molecule has 0 saturated heterocycles. The monoisotopic (exact) mass is 359 g/mol. The molecule has 0 unspecified atom stereocenters. The molecule has 3 aromatic rings. The maximum absolute atomic E-state index is 6.12. The number of benzene rings is 1. The predicted molar refractivity (Wildman–Crippen MR) is 89.9 cm³/mol. The number of nitrogens with zero attached hydrogens (tertiary/aromatic N) is 3. The first-order valence-corrected chi connectivity index (χ1v) is 8.56. The molecule has 0 bridgehead atoms. The molecule has 0 amide bonds. The molecule has 0 saturated carbocycles. The molecule has 2 aromatic heterocycles. The van der Waals surface area contributed by atoms with E-state index in [0.717, 1.165) is 40.5 Å². The van der Waals surface area contributed by atoms with Crippen molar-refractivity contribution in [3.63, 3.8) is 0 Å². The standard InChI is InChI=1S/C14H12Cl3N3S/c1-8-18-9(7-21-8)2-3-20-13-5-11(17)10(16)4-12(13)19-14(20)6-15/h4-5,7H,2-3,6H2,1H3. The number of fused-ring (bicyclic) bond motifs is 1. The van der Waals surface area contributed by atoms with Crippen molar-refractivity contribution in [2.45, 2.75) is 25.8 Å². The summed E-state index contributed by atoms with van der Waals surface area (Å²) in [5.41, 5.74) is 2.85. The molecule has 7 heteroatoms. The first-order chi connectivity index (χ1) is 10.1. The van der Waals surface area contributed by atoms with Crippen LogP contribution in [0.5, 0.6) is 0 Å². The fourth-order valence-electron chi connectivity index (χ4n) is 2.27. The molecule has 0 aliphatic carbocycles. The van der Waals surface area contributed by atoms with E-state index in [2.05, 4.69) is 19.9 Å². The fraction of sp³-hybridized carbons (Fsp3) is 0.286. The highest BCUT2D eigenvalue weighted by Gasteiger charge is 2.13. The molecule has 0 fully saturated rings. The van der Waals surface area contributed by atoms with Gasteiger partial charge in [0.05, 0.1) is 37.7 Å². The number of imidazole rings is 1. The number of hydrogen-bond acceptors (Lipinski definition) is 3. The van der Waals surface area contributed by atoms with Crippen molar-refractivity contribution in [2.24, 2.45) is 0 Å². The average molecular weight is 361 g/mol. The van der Waals surface area contributed by atoms with Gasteiger partial charge >= 0.3 is 0 Å². The van der Waals surface area contributed by atoms with Crippen LogP contribution in [0.2, 0.25) is 10.0 Å². The largest absolute Gasteiger partial charge is 0.327 e. The van der Waals surface area contributed by atoms with Crippen LogP contribution in [0.1, 0.15) is 16.5 Å². The number of rotatable bonds is 4. The van der Waals surface area contributed by atoms with E-state index in [0.29, 0.717) is 15.9 Å². The van der Waals surface area contributed by atoms with Crippen LogP contribution < -0.4 is 0 Å². The average Bonchev–Trinajstić information content (AvgIpc) is 3.01. The molecule has 0 aliphatic rings. The second kappa shape index (κ2) is 6.13. The third kappa shape index (κ3) is 3.04. The van der Waals surface area contributed by atoms with E-state index < -0.39 is 0 Å². The maximum atomic E-state index is 6.12. The maximum Gasteiger partial charge on any atom is 0.124 e. The van der Waals surface area contributed by atoms with Crippen LogP contribution in [0, 0.1) is 6.92 Å². The summed E-state index contributed by atoms with van der Waals surface area (Å²) in [5.74, 6) is 1.16. The highest BCUT2D eigenvalue weighted by molar-refractivity contribution is 7.09. The first-order valence-electron chi connectivity index (χ1n) is 6.39. The number of thiazole rings is 1. The van der Waals surface area contributed by atoms with Crippen LogP contribution in [-0.2, 0) is 18.8 Å². The SMILES string of the molecule is Cc1nc(CCn2c(CCl)nc3cc(Cl)c(Cl)cc32)cs1. The summed E-state index contributed by atoms with van der Waals surface area (Å²) in [7, 11) is 0. The second-order valence-corrected chi connectivity index (χ2v) is 6.82. The van der Waals surface area contributed by atoms with Gasteiger partial charge in [-0.05, 0) is 19.1 Å². The van der Waals surface area contributed by atoms with Gasteiger partial charge in [0.1, 0.15) is 5.82 Å². The smallest absolute Gasteiger partial charge is 0.124 e. The van der Waals surface area contributed by atoms with Crippen molar-refractivity contribution in [1.29, 1.82) is 0 Å². The van der Waals surface area contributed by atoms with Gasteiger partial charge in [-0.2, -0.15) is 0 Å². The van der Waals surface area contributed by atoms with Gasteiger partial charge in [-0.25, -0.2) is 9.97 Å². The van der Waals surface area contributed by atoms with E-state index in [4.69, 9.17) is 34.8 Å². The summed E-state index contributed by atoms with van der Waals surface area (Å²) < 4.78 is 2.08. The Balaban J connectivity index is 1.97. The molecule has 0 spiro atoms. The Morgan fingerprint density at radius 3 is 2.62 bits per heavy atom. The van der Waals surface area contributed by atoms with Crippen LogP contribution in [-0.4, -0.2) is 14.5 Å². The van der Waals surface area contributed by atoms with Gasteiger partial charge in [-0.1, -0.05) is 23.2 Å². The first kappa shape index (κ1) is 15.1. The van der Waals surface area contributed by atoms with Crippen molar-refractivity contribution >= 4 is 57.2 Å². The van der Waals surface area contributed by atoms with Gasteiger partial charge in [-0.3, -0.25) is 0 Å². The Kier molecular flexibility index (Phi) is 4.41. The normalized spacial score (nSPS) is 11.4. The Morgan fingerprint density at radius 2 is 1.95 bits per heavy atom. The van der Waals surface area contributed by atoms with E-state index in [9.17, 15) is 0 Å². The number of aromatic nitrogens is 3. The number of alkyl halides is 1. The predicted octanol–water partition coefficient (Wildman–Crippen LogP) is 5.09. The summed E-state index contributed by atoms with van der Waals surface area (Å²) >= 11 is 19.8. The van der Waals surface area contributed by atoms with Gasteiger partial charge < -0.3 is 4.57 Å². The summed E-state index contributed by atoms with van der Waals surface area (Å²) in [4.78, 5) is 9.00. The Labute approximate surface area is 141 Å². The van der Waals surface area contributed by atoms with Crippen molar-refractivity contribution in [2.75, 3.05) is 0 Å². The fourth-order valence-corrected chi connectivity index (χ4v) is 3.44. The summed E-state index contributed by atoms with van der Waals surface area (Å²) in [5, 5.41) is 4.19. The Hall–Kier alpha value is -0.810. The van der Waals surface area contributed by atoms with Crippen molar-refractivity contribution < 1.29 is 0 Å². The lowest BCUT2D eigenvalue weighted by atomic mass is 10.3. The molecule has 21 heavy (non-hydrogen) atoms. The zero-order chi connectivity index (χ0) is 15.0. The molecular formula is C14H12Cl3N3S. The number of hydrogen-bond donors (Lipinski definition) is 0. The van der Waals surface area contributed by atoms with Gasteiger partial charge in [0.2, 0.25) is 0 Å². The van der Waals surface area contributed by atoms with Crippen LogP contribution in [0.4, 0.5) is 0 Å². The van der Waals surface area contributed by atoms with E-state index in [-0.39, 0.29) is 0 Å². The van der Waals surface area contributed by atoms with E-state index in [1.54, 1.807) is 17.4 Å². The summed E-state index contributed by atoms with van der Waals surface area (Å²) in [6.45, 7) is 2.77. The summed E-state index contributed by atoms with van der Waals surface area (Å²) in [6, 6.07) is 3.62. The van der Waals surface area contributed by atoms with Crippen molar-refractivity contribution in [1.82, 2.24) is 14.5 Å².